The first kappa shape index (κ1) is 26.9. The molecule has 2 heterocycles. The lowest BCUT2D eigenvalue weighted by atomic mass is 9.98. The van der Waals surface area contributed by atoms with Crippen LogP contribution in [0.2, 0.25) is 0 Å². The van der Waals surface area contributed by atoms with E-state index in [-0.39, 0.29) is 10.7 Å². The Bertz CT molecular complexity index is 1090. The third kappa shape index (κ3) is 6.09. The van der Waals surface area contributed by atoms with Gasteiger partial charge in [0.2, 0.25) is 6.10 Å². The average Bonchev–Trinajstić information content (AvgIpc) is 3.21. The van der Waals surface area contributed by atoms with Crippen molar-refractivity contribution in [3.05, 3.63) is 39.9 Å². The first-order valence-electron chi connectivity index (χ1n) is 10.4. The van der Waals surface area contributed by atoms with Gasteiger partial charge in [-0.3, -0.25) is 29.3 Å². The minimum atomic E-state index is -1.95. The Hall–Kier alpha value is -3.72. The van der Waals surface area contributed by atoms with Crippen LogP contribution in [0.4, 0.5) is 5.69 Å². The molecule has 3 unspecified atom stereocenters. The Morgan fingerprint density at radius 2 is 1.56 bits per heavy atom. The minimum Gasteiger partial charge on any atom is -0.463 e. The summed E-state index contributed by atoms with van der Waals surface area (Å²) in [4.78, 5) is 63.3. The normalized spacial score (nSPS) is 26.8. The number of hydrogen-bond donors (Lipinski definition) is 0. The molecule has 0 saturated carbocycles. The zero-order valence-corrected chi connectivity index (χ0v) is 20.3. The fourth-order valence-corrected chi connectivity index (χ4v) is 4.64. The number of esters is 4. The van der Waals surface area contributed by atoms with Gasteiger partial charge in [-0.2, -0.15) is 0 Å². The van der Waals surface area contributed by atoms with Crippen LogP contribution in [0, 0.1) is 10.1 Å². The number of nitro benzene ring substituents is 1. The summed E-state index contributed by atoms with van der Waals surface area (Å²) in [6, 6.07) is 5.38. The molecule has 0 N–H and O–H groups in total. The third-order valence-corrected chi connectivity index (χ3v) is 6.01. The van der Waals surface area contributed by atoms with Crippen LogP contribution in [0.1, 0.15) is 33.3 Å². The molecule has 15 heteroatoms. The molecule has 0 radical (unpaired) electrons. The lowest BCUT2D eigenvalue weighted by molar-refractivity contribution is -0.384. The molecule has 1 spiro atoms. The van der Waals surface area contributed by atoms with Gasteiger partial charge in [-0.25, -0.2) is 0 Å². The van der Waals surface area contributed by atoms with Gasteiger partial charge in [-0.1, -0.05) is 5.16 Å². The van der Waals surface area contributed by atoms with E-state index in [1.807, 2.05) is 0 Å². The Kier molecular flexibility index (Phi) is 8.14. The lowest BCUT2D eigenvalue weighted by Gasteiger charge is -2.47. The summed E-state index contributed by atoms with van der Waals surface area (Å²) in [5, 5.41) is 13.2. The number of rotatable bonds is 7. The number of benzene rings is 1. The molecule has 1 saturated heterocycles. The molecule has 194 valence electrons. The first-order chi connectivity index (χ1) is 16.9. The van der Waals surface area contributed by atoms with Crippen molar-refractivity contribution in [2.24, 2.45) is 5.16 Å². The number of non-ortho nitro benzene ring substituents is 1. The highest BCUT2D eigenvalue weighted by Gasteiger charge is 2.65. The van der Waals surface area contributed by atoms with Crippen LogP contribution in [-0.2, 0) is 47.7 Å². The molecule has 0 bridgehead atoms. The molecule has 2 aliphatic heterocycles. The van der Waals surface area contributed by atoms with Crippen molar-refractivity contribution >= 4 is 46.4 Å². The molecule has 36 heavy (non-hydrogen) atoms. The van der Waals surface area contributed by atoms with Crippen LogP contribution in [0.15, 0.2) is 29.4 Å². The number of hydrogen-bond acceptors (Lipinski definition) is 14. The minimum absolute atomic E-state index is 0.148. The SMILES string of the molecule is CC(=O)OCC1O[C@]2(ON=C(c3ccc([N+](=O)[O-])cc3)S2)C(OC(C)=O)C(OC(C)=O)[C@@H]1OC(C)=O. The van der Waals surface area contributed by atoms with Gasteiger partial charge >= 0.3 is 29.0 Å². The summed E-state index contributed by atoms with van der Waals surface area (Å²) >= 11 is 0.827. The monoisotopic (exact) mass is 526 g/mol. The van der Waals surface area contributed by atoms with E-state index in [1.54, 1.807) is 0 Å². The summed E-state index contributed by atoms with van der Waals surface area (Å²) in [5.74, 6) is -3.03. The Morgan fingerprint density at radius 3 is 2.08 bits per heavy atom. The molecule has 2 aliphatic rings. The third-order valence-electron chi connectivity index (χ3n) is 4.82. The average molecular weight is 526 g/mol. The van der Waals surface area contributed by atoms with E-state index in [4.69, 9.17) is 28.5 Å². The molecular weight excluding hydrogens is 504 g/mol. The zero-order valence-electron chi connectivity index (χ0n) is 19.5. The molecular formula is C21H22N2O12S. The second kappa shape index (κ2) is 10.9. The van der Waals surface area contributed by atoms with Crippen LogP contribution in [-0.4, -0.2) is 70.0 Å². The van der Waals surface area contributed by atoms with Crippen molar-refractivity contribution in [2.45, 2.75) is 57.2 Å². The summed E-state index contributed by atoms with van der Waals surface area (Å²) in [6.07, 6.45) is -5.52. The topological polar surface area (TPSA) is 179 Å². The van der Waals surface area contributed by atoms with Crippen LogP contribution in [0.25, 0.3) is 0 Å². The Labute approximate surface area is 208 Å². The second-order valence-corrected chi connectivity index (χ2v) is 8.79. The maximum absolute atomic E-state index is 12.0. The van der Waals surface area contributed by atoms with Gasteiger partial charge in [-0.05, 0) is 23.9 Å². The maximum atomic E-state index is 12.0. The van der Waals surface area contributed by atoms with E-state index in [2.05, 4.69) is 5.16 Å². The molecule has 3 rings (SSSR count). The van der Waals surface area contributed by atoms with E-state index in [1.165, 1.54) is 24.3 Å². The van der Waals surface area contributed by atoms with Crippen molar-refractivity contribution in [3.63, 3.8) is 0 Å². The molecule has 14 nitrogen and oxygen atoms in total. The Morgan fingerprint density at radius 1 is 0.972 bits per heavy atom. The van der Waals surface area contributed by atoms with Crippen molar-refractivity contribution in [3.8, 4) is 0 Å². The van der Waals surface area contributed by atoms with Crippen molar-refractivity contribution in [1.29, 1.82) is 0 Å². The summed E-state index contributed by atoms with van der Waals surface area (Å²) < 4.78 is 27.2. The van der Waals surface area contributed by atoms with Crippen LogP contribution >= 0.6 is 11.8 Å². The molecule has 5 atom stereocenters. The smallest absolute Gasteiger partial charge is 0.332 e. The van der Waals surface area contributed by atoms with Crippen LogP contribution in [0.5, 0.6) is 0 Å². The van der Waals surface area contributed by atoms with Gasteiger partial charge in [0.1, 0.15) is 17.8 Å². The van der Waals surface area contributed by atoms with Crippen LogP contribution in [0.3, 0.4) is 0 Å². The second-order valence-electron chi connectivity index (χ2n) is 7.63. The zero-order chi connectivity index (χ0) is 26.6. The van der Waals surface area contributed by atoms with Crippen molar-refractivity contribution < 1.29 is 52.6 Å². The lowest BCUT2D eigenvalue weighted by Crippen LogP contribution is -2.67. The molecule has 1 aromatic rings. The largest absolute Gasteiger partial charge is 0.463 e. The number of thioether (sulfide) groups is 1. The highest BCUT2D eigenvalue weighted by molar-refractivity contribution is 8.15. The summed E-state index contributed by atoms with van der Waals surface area (Å²) in [5.41, 5.74) is 0.264. The number of nitrogens with zero attached hydrogens (tertiary/aromatic N) is 2. The fourth-order valence-electron chi connectivity index (χ4n) is 3.50. The molecule has 0 aromatic heterocycles. The van der Waals surface area contributed by atoms with Crippen LogP contribution < -0.4 is 0 Å². The predicted octanol–water partition coefficient (Wildman–Crippen LogP) is 1.43. The fraction of sp³-hybridized carbons (Fsp3) is 0.476. The highest BCUT2D eigenvalue weighted by atomic mass is 32.2. The number of nitro groups is 1. The highest BCUT2D eigenvalue weighted by Crippen LogP contribution is 2.48. The van der Waals surface area contributed by atoms with Gasteiger partial charge < -0.3 is 28.5 Å². The van der Waals surface area contributed by atoms with E-state index < -0.39 is 64.9 Å². The number of carbonyl (C=O) groups is 4. The van der Waals surface area contributed by atoms with E-state index in [9.17, 15) is 29.3 Å². The Balaban J connectivity index is 2.01. The summed E-state index contributed by atoms with van der Waals surface area (Å²) in [7, 11) is 0. The van der Waals surface area contributed by atoms with Gasteiger partial charge in [0.25, 0.3) is 5.69 Å². The van der Waals surface area contributed by atoms with Gasteiger partial charge in [0.15, 0.2) is 12.2 Å². The van der Waals surface area contributed by atoms with Crippen molar-refractivity contribution in [2.75, 3.05) is 6.61 Å². The van der Waals surface area contributed by atoms with Gasteiger partial charge in [0.05, 0.1) is 4.92 Å². The van der Waals surface area contributed by atoms with Gasteiger partial charge in [0, 0.05) is 45.4 Å². The predicted molar refractivity (Wildman–Crippen MR) is 119 cm³/mol. The van der Waals surface area contributed by atoms with Crippen molar-refractivity contribution in [1.82, 2.24) is 0 Å². The quantitative estimate of drug-likeness (QED) is 0.216. The van der Waals surface area contributed by atoms with E-state index >= 15 is 0 Å². The maximum Gasteiger partial charge on any atom is 0.332 e. The first-order valence-corrected chi connectivity index (χ1v) is 11.3. The van der Waals surface area contributed by atoms with E-state index in [0.717, 1.165) is 39.5 Å². The summed E-state index contributed by atoms with van der Waals surface area (Å²) in [6.45, 7) is 4.02. The molecule has 1 aromatic carbocycles. The number of carbonyl (C=O) groups excluding carboxylic acids is 4. The molecule has 0 aliphatic carbocycles. The molecule has 0 amide bonds. The molecule has 1 fully saturated rings. The van der Waals surface area contributed by atoms with E-state index in [0.29, 0.717) is 5.56 Å². The van der Waals surface area contributed by atoms with Gasteiger partial charge in [-0.15, -0.1) is 0 Å². The number of ether oxygens (including phenoxy) is 5. The standard InChI is InChI=1S/C21H22N2O12S/c1-10(24)30-9-16-17(31-11(2)25)18(32-12(3)26)19(33-13(4)27)21(34-16)35-22-20(36-21)14-5-7-15(8-6-14)23(28)29/h5-8,16-19H,9H2,1-4H3/t16?,17-,18?,19?,21+/m1/s1. The number of oxime groups is 1.